The summed E-state index contributed by atoms with van der Waals surface area (Å²) < 4.78 is 18.0. The molecular weight excluding hydrogens is 196 g/mol. The van der Waals surface area contributed by atoms with Crippen molar-refractivity contribution in [2.75, 3.05) is 5.75 Å². The van der Waals surface area contributed by atoms with Gasteiger partial charge in [0, 0.05) is 0 Å². The van der Waals surface area contributed by atoms with E-state index in [0.717, 1.165) is 0 Å². The number of aliphatic hydroxyl groups excluding tert-OH is 1. The summed E-state index contributed by atoms with van der Waals surface area (Å²) in [4.78, 5) is 0. The molecular formula is C3H7BrO3S. The molecule has 0 radical (unpaired) electrons. The minimum atomic E-state index is -1.78. The summed E-state index contributed by atoms with van der Waals surface area (Å²) in [6.45, 7) is 0. The van der Waals surface area contributed by atoms with Gasteiger partial charge in [0.1, 0.15) is 5.01 Å². The molecule has 2 unspecified atom stereocenters. The van der Waals surface area contributed by atoms with Gasteiger partial charge in [-0.3, -0.25) is 0 Å². The molecule has 0 saturated heterocycles. The van der Waals surface area contributed by atoms with Gasteiger partial charge in [-0.15, -0.1) is 0 Å². The fraction of sp³-hybridized carbons (Fsp3) is 1.00. The van der Waals surface area contributed by atoms with Crippen LogP contribution < -0.4 is 0 Å². The molecule has 2 atom stereocenters. The van der Waals surface area contributed by atoms with E-state index < -0.39 is 16.1 Å². The Bertz CT molecular complexity index is 84.6. The molecule has 0 aliphatic carbocycles. The summed E-state index contributed by atoms with van der Waals surface area (Å²) in [6.07, 6.45) is 0.309. The average Bonchev–Trinajstić information content (AvgIpc) is 1.61. The number of halogens is 1. The molecule has 3 nitrogen and oxygen atoms in total. The first-order valence-electron chi connectivity index (χ1n) is 2.02. The number of aliphatic hydroxyl groups is 1. The molecule has 0 bridgehead atoms. The van der Waals surface area contributed by atoms with Crippen LogP contribution >= 0.6 is 15.9 Å². The van der Waals surface area contributed by atoms with Crippen LogP contribution in [0.1, 0.15) is 6.42 Å². The van der Waals surface area contributed by atoms with E-state index in [4.69, 9.17) is 9.66 Å². The molecule has 0 aliphatic rings. The van der Waals surface area contributed by atoms with Crippen LogP contribution in [0.25, 0.3) is 0 Å². The van der Waals surface area contributed by atoms with Crippen molar-refractivity contribution < 1.29 is 13.9 Å². The Hall–Kier alpha value is 0.550. The largest absolute Gasteiger partial charge is 0.382 e. The molecule has 0 heterocycles. The fourth-order valence-corrected chi connectivity index (χ4v) is 1.15. The van der Waals surface area contributed by atoms with Crippen molar-refractivity contribution in [2.45, 2.75) is 11.4 Å². The van der Waals surface area contributed by atoms with Gasteiger partial charge in [0.15, 0.2) is 11.1 Å². The molecule has 0 rings (SSSR count). The van der Waals surface area contributed by atoms with Crippen molar-refractivity contribution in [3.8, 4) is 0 Å². The minimum Gasteiger partial charge on any atom is -0.382 e. The Kier molecular flexibility index (Phi) is 4.74. The molecule has 5 heteroatoms. The minimum absolute atomic E-state index is 0.117. The summed E-state index contributed by atoms with van der Waals surface area (Å²) in [5.74, 6) is 0.117. The van der Waals surface area contributed by atoms with Gasteiger partial charge in [0.05, 0.1) is 5.75 Å². The third-order valence-corrected chi connectivity index (χ3v) is 1.57. The number of hydrogen-bond donors (Lipinski definition) is 2. The molecule has 0 aromatic heterocycles. The van der Waals surface area contributed by atoms with E-state index in [0.29, 0.717) is 6.42 Å². The lowest BCUT2D eigenvalue weighted by atomic mass is 10.5. The molecule has 0 spiro atoms. The molecule has 2 N–H and O–H groups in total. The normalized spacial score (nSPS) is 17.9. The first kappa shape index (κ1) is 8.55. The van der Waals surface area contributed by atoms with Crippen LogP contribution in [0.2, 0.25) is 0 Å². The Balaban J connectivity index is 3.05. The van der Waals surface area contributed by atoms with Gasteiger partial charge in [-0.25, -0.2) is 4.21 Å². The first-order valence-corrected chi connectivity index (χ1v) is 4.21. The summed E-state index contributed by atoms with van der Waals surface area (Å²) in [6, 6.07) is 0. The van der Waals surface area contributed by atoms with E-state index >= 15 is 0 Å². The van der Waals surface area contributed by atoms with Crippen molar-refractivity contribution in [1.82, 2.24) is 0 Å². The maximum atomic E-state index is 9.88. The van der Waals surface area contributed by atoms with E-state index in [9.17, 15) is 4.21 Å². The Morgan fingerprint density at radius 1 is 1.75 bits per heavy atom. The predicted octanol–water partition coefficient (Wildman–Crippen LogP) is 0.312. The van der Waals surface area contributed by atoms with Crippen LogP contribution in [-0.2, 0) is 11.1 Å². The fourth-order valence-electron chi connectivity index (χ4n) is 0.198. The topological polar surface area (TPSA) is 57.5 Å². The molecule has 8 heavy (non-hydrogen) atoms. The lowest BCUT2D eigenvalue weighted by Crippen LogP contribution is -2.02. The molecule has 0 saturated carbocycles. The molecule has 0 aliphatic heterocycles. The number of hydrogen-bond acceptors (Lipinski definition) is 2. The molecule has 50 valence electrons. The van der Waals surface area contributed by atoms with Crippen molar-refractivity contribution in [3.63, 3.8) is 0 Å². The van der Waals surface area contributed by atoms with Crippen molar-refractivity contribution in [1.29, 1.82) is 0 Å². The molecule has 0 amide bonds. The number of rotatable bonds is 3. The highest BCUT2D eigenvalue weighted by atomic mass is 79.9. The average molecular weight is 203 g/mol. The van der Waals surface area contributed by atoms with Crippen molar-refractivity contribution >= 4 is 27.0 Å². The second-order valence-electron chi connectivity index (χ2n) is 1.25. The highest BCUT2D eigenvalue weighted by molar-refractivity contribution is 9.09. The molecule has 0 aromatic rings. The van der Waals surface area contributed by atoms with Gasteiger partial charge in [0.2, 0.25) is 0 Å². The Morgan fingerprint density at radius 2 is 2.25 bits per heavy atom. The zero-order chi connectivity index (χ0) is 6.57. The monoisotopic (exact) mass is 202 g/mol. The lowest BCUT2D eigenvalue weighted by molar-refractivity contribution is 0.266. The van der Waals surface area contributed by atoms with E-state index in [1.807, 2.05) is 0 Å². The third kappa shape index (κ3) is 6.55. The summed E-state index contributed by atoms with van der Waals surface area (Å²) >= 11 is 1.04. The summed E-state index contributed by atoms with van der Waals surface area (Å²) in [5, 5.41) is 7.82. The second kappa shape index (κ2) is 4.43. The van der Waals surface area contributed by atoms with Gasteiger partial charge >= 0.3 is 0 Å². The molecule has 0 aromatic carbocycles. The summed E-state index contributed by atoms with van der Waals surface area (Å²) in [5.41, 5.74) is 0. The maximum Gasteiger partial charge on any atom is 0.152 e. The highest BCUT2D eigenvalue weighted by Crippen LogP contribution is 1.99. The van der Waals surface area contributed by atoms with Crippen molar-refractivity contribution in [2.24, 2.45) is 0 Å². The SMILES string of the molecule is O=S(O)CCC(O)Br. The van der Waals surface area contributed by atoms with E-state index in [1.165, 1.54) is 0 Å². The van der Waals surface area contributed by atoms with Gasteiger partial charge in [0.25, 0.3) is 0 Å². The van der Waals surface area contributed by atoms with Crippen LogP contribution in [0.4, 0.5) is 0 Å². The van der Waals surface area contributed by atoms with Gasteiger partial charge in [-0.2, -0.15) is 0 Å². The molecule has 0 fully saturated rings. The van der Waals surface area contributed by atoms with Crippen molar-refractivity contribution in [3.05, 3.63) is 0 Å². The van der Waals surface area contributed by atoms with Crippen LogP contribution in [-0.4, -0.2) is 24.6 Å². The maximum absolute atomic E-state index is 9.88. The highest BCUT2D eigenvalue weighted by Gasteiger charge is 1.98. The second-order valence-corrected chi connectivity index (χ2v) is 3.36. The zero-order valence-electron chi connectivity index (χ0n) is 4.08. The van der Waals surface area contributed by atoms with Crippen LogP contribution in [0.3, 0.4) is 0 Å². The standard InChI is InChI=1S/C3H7BrO3S/c4-3(5)1-2-8(6)7/h3,5H,1-2H2,(H,6,7). The van der Waals surface area contributed by atoms with Gasteiger partial charge in [-0.05, 0) is 6.42 Å². The number of alkyl halides is 1. The zero-order valence-corrected chi connectivity index (χ0v) is 6.48. The van der Waals surface area contributed by atoms with Gasteiger partial charge < -0.3 is 9.66 Å². The van der Waals surface area contributed by atoms with Crippen LogP contribution in [0.15, 0.2) is 0 Å². The quantitative estimate of drug-likeness (QED) is 0.512. The van der Waals surface area contributed by atoms with Gasteiger partial charge in [-0.1, -0.05) is 15.9 Å². The Morgan fingerprint density at radius 3 is 2.38 bits per heavy atom. The van der Waals surface area contributed by atoms with E-state index in [-0.39, 0.29) is 5.75 Å². The first-order chi connectivity index (χ1) is 3.63. The Labute approximate surface area is 58.5 Å². The third-order valence-electron chi connectivity index (χ3n) is 0.531. The smallest absolute Gasteiger partial charge is 0.152 e. The van der Waals surface area contributed by atoms with E-state index in [1.54, 1.807) is 0 Å². The van der Waals surface area contributed by atoms with E-state index in [2.05, 4.69) is 15.9 Å². The van der Waals surface area contributed by atoms with Crippen LogP contribution in [0.5, 0.6) is 0 Å². The van der Waals surface area contributed by atoms with Crippen LogP contribution in [0, 0.1) is 0 Å². The summed E-state index contributed by atoms with van der Waals surface area (Å²) in [7, 11) is 0. The predicted molar refractivity (Wildman–Crippen MR) is 35.2 cm³/mol. The lowest BCUT2D eigenvalue weighted by Gasteiger charge is -1.95.